The van der Waals surface area contributed by atoms with Gasteiger partial charge in [-0.25, -0.2) is 0 Å². The standard InChI is InChI=1S/C26H29N3O5/c1-16-21(17(2)34-29-16)15-33-23-12-9-19(14-24(23)32-3)25(30)28-22(26(31)27-20-10-11-20)13-18-7-5-4-6-8-18/h4-9,12,14,20,22H,10-11,13,15H2,1-3H3,(H,27,31)(H,28,30). The zero-order valence-electron chi connectivity index (χ0n) is 19.6. The summed E-state index contributed by atoms with van der Waals surface area (Å²) in [7, 11) is 1.51. The minimum absolute atomic E-state index is 0.175. The number of aryl methyl sites for hydroxylation is 2. The van der Waals surface area contributed by atoms with Crippen LogP contribution < -0.4 is 20.1 Å². The Bertz CT molecular complexity index is 1130. The summed E-state index contributed by atoms with van der Waals surface area (Å²) in [4.78, 5) is 25.9. The summed E-state index contributed by atoms with van der Waals surface area (Å²) >= 11 is 0. The maximum Gasteiger partial charge on any atom is 0.252 e. The molecule has 2 aromatic carbocycles. The first kappa shape index (κ1) is 23.4. The Kier molecular flexibility index (Phi) is 7.15. The molecule has 34 heavy (non-hydrogen) atoms. The van der Waals surface area contributed by atoms with Crippen LogP contribution in [0.2, 0.25) is 0 Å². The lowest BCUT2D eigenvalue weighted by Gasteiger charge is -2.19. The zero-order chi connectivity index (χ0) is 24.1. The first-order valence-electron chi connectivity index (χ1n) is 11.3. The molecule has 1 unspecified atom stereocenters. The van der Waals surface area contributed by atoms with Gasteiger partial charge in [-0.3, -0.25) is 9.59 Å². The molecule has 0 aliphatic heterocycles. The summed E-state index contributed by atoms with van der Waals surface area (Å²) in [6.45, 7) is 3.95. The molecule has 0 spiro atoms. The molecule has 1 aromatic heterocycles. The van der Waals surface area contributed by atoms with E-state index in [1.54, 1.807) is 18.2 Å². The number of carbonyl (C=O) groups excluding carboxylic acids is 2. The molecule has 1 fully saturated rings. The zero-order valence-corrected chi connectivity index (χ0v) is 19.6. The van der Waals surface area contributed by atoms with Gasteiger partial charge >= 0.3 is 0 Å². The van der Waals surface area contributed by atoms with Gasteiger partial charge in [-0.2, -0.15) is 0 Å². The molecule has 0 saturated heterocycles. The van der Waals surface area contributed by atoms with Crippen LogP contribution >= 0.6 is 0 Å². The number of hydrogen-bond donors (Lipinski definition) is 2. The van der Waals surface area contributed by atoms with Crippen LogP contribution in [0, 0.1) is 13.8 Å². The van der Waals surface area contributed by atoms with Crippen LogP contribution in [0.4, 0.5) is 0 Å². The van der Waals surface area contributed by atoms with E-state index in [0.717, 1.165) is 29.7 Å². The number of hydrogen-bond acceptors (Lipinski definition) is 6. The van der Waals surface area contributed by atoms with E-state index >= 15 is 0 Å². The van der Waals surface area contributed by atoms with Crippen LogP contribution in [0.5, 0.6) is 11.5 Å². The van der Waals surface area contributed by atoms with Crippen LogP contribution in [0.15, 0.2) is 53.1 Å². The van der Waals surface area contributed by atoms with Gasteiger partial charge in [0.25, 0.3) is 5.91 Å². The van der Waals surface area contributed by atoms with Crippen molar-refractivity contribution in [2.75, 3.05) is 7.11 Å². The van der Waals surface area contributed by atoms with Crippen molar-refractivity contribution < 1.29 is 23.6 Å². The van der Waals surface area contributed by atoms with E-state index in [4.69, 9.17) is 14.0 Å². The second-order valence-corrected chi connectivity index (χ2v) is 8.46. The molecule has 8 nitrogen and oxygen atoms in total. The van der Waals surface area contributed by atoms with Gasteiger partial charge in [0.2, 0.25) is 5.91 Å². The largest absolute Gasteiger partial charge is 0.493 e. The maximum atomic E-state index is 13.1. The Labute approximate surface area is 198 Å². The van der Waals surface area contributed by atoms with Crippen LogP contribution in [-0.2, 0) is 17.8 Å². The Hall–Kier alpha value is -3.81. The van der Waals surface area contributed by atoms with Gasteiger partial charge in [0.1, 0.15) is 18.4 Å². The molecule has 0 radical (unpaired) electrons. The number of nitrogens with zero attached hydrogens (tertiary/aromatic N) is 1. The van der Waals surface area contributed by atoms with E-state index in [0.29, 0.717) is 29.2 Å². The van der Waals surface area contributed by atoms with Crippen molar-refractivity contribution >= 4 is 11.8 Å². The Morgan fingerprint density at radius 1 is 1.12 bits per heavy atom. The third kappa shape index (κ3) is 5.75. The molecule has 4 rings (SSSR count). The highest BCUT2D eigenvalue weighted by Crippen LogP contribution is 2.29. The minimum atomic E-state index is -0.683. The number of benzene rings is 2. The van der Waals surface area contributed by atoms with Gasteiger partial charge < -0.3 is 24.6 Å². The van der Waals surface area contributed by atoms with E-state index in [2.05, 4.69) is 15.8 Å². The lowest BCUT2D eigenvalue weighted by molar-refractivity contribution is -0.123. The van der Waals surface area contributed by atoms with Gasteiger partial charge in [-0.05, 0) is 50.5 Å². The summed E-state index contributed by atoms with van der Waals surface area (Å²) in [5, 5.41) is 9.81. The minimum Gasteiger partial charge on any atom is -0.493 e. The van der Waals surface area contributed by atoms with Crippen LogP contribution in [-0.4, -0.2) is 36.2 Å². The molecule has 8 heteroatoms. The smallest absolute Gasteiger partial charge is 0.252 e. The molecule has 0 bridgehead atoms. The highest BCUT2D eigenvalue weighted by atomic mass is 16.5. The summed E-state index contributed by atoms with van der Waals surface area (Å²) in [5.74, 6) is 1.07. The maximum absolute atomic E-state index is 13.1. The Balaban J connectivity index is 1.46. The van der Waals surface area contributed by atoms with Crippen LogP contribution in [0.25, 0.3) is 0 Å². The number of nitrogens with one attached hydrogen (secondary N) is 2. The average Bonchev–Trinajstić information content (AvgIpc) is 3.60. The van der Waals surface area contributed by atoms with Crippen molar-refractivity contribution in [1.82, 2.24) is 15.8 Å². The predicted molar refractivity (Wildman–Crippen MR) is 126 cm³/mol. The monoisotopic (exact) mass is 463 g/mol. The molecule has 1 aliphatic carbocycles. The second-order valence-electron chi connectivity index (χ2n) is 8.46. The molecule has 1 saturated carbocycles. The summed E-state index contributed by atoms with van der Waals surface area (Å²) in [6.07, 6.45) is 2.36. The van der Waals surface area contributed by atoms with Gasteiger partial charge in [0.05, 0.1) is 18.4 Å². The van der Waals surface area contributed by atoms with Crippen molar-refractivity contribution in [2.24, 2.45) is 0 Å². The summed E-state index contributed by atoms with van der Waals surface area (Å²) in [5.41, 5.74) is 2.98. The summed E-state index contributed by atoms with van der Waals surface area (Å²) < 4.78 is 16.5. The SMILES string of the molecule is COc1cc(C(=O)NC(Cc2ccccc2)C(=O)NC2CC2)ccc1OCc1c(C)noc1C. The Morgan fingerprint density at radius 3 is 2.53 bits per heavy atom. The third-order valence-electron chi connectivity index (χ3n) is 5.81. The normalized spacial score (nSPS) is 13.7. The number of methoxy groups -OCH3 is 1. The lowest BCUT2D eigenvalue weighted by atomic mass is 10.0. The van der Waals surface area contributed by atoms with E-state index in [1.165, 1.54) is 7.11 Å². The lowest BCUT2D eigenvalue weighted by Crippen LogP contribution is -2.48. The number of ether oxygens (including phenoxy) is 2. The van der Waals surface area contributed by atoms with Gasteiger partial charge in [0, 0.05) is 18.0 Å². The fourth-order valence-corrected chi connectivity index (χ4v) is 3.62. The molecule has 178 valence electrons. The van der Waals surface area contributed by atoms with Crippen molar-refractivity contribution in [3.05, 3.63) is 76.7 Å². The third-order valence-corrected chi connectivity index (χ3v) is 5.81. The molecular weight excluding hydrogens is 434 g/mol. The number of rotatable bonds is 10. The van der Waals surface area contributed by atoms with Crippen molar-refractivity contribution in [3.8, 4) is 11.5 Å². The highest BCUT2D eigenvalue weighted by Gasteiger charge is 2.29. The van der Waals surface area contributed by atoms with E-state index in [-0.39, 0.29) is 24.5 Å². The predicted octanol–water partition coefficient (Wildman–Crippen LogP) is 3.50. The molecule has 1 aliphatic rings. The Morgan fingerprint density at radius 2 is 1.88 bits per heavy atom. The van der Waals surface area contributed by atoms with Crippen molar-refractivity contribution in [2.45, 2.75) is 51.8 Å². The fourth-order valence-electron chi connectivity index (χ4n) is 3.62. The van der Waals surface area contributed by atoms with Gasteiger partial charge in [0.15, 0.2) is 11.5 Å². The second kappa shape index (κ2) is 10.4. The fraction of sp³-hybridized carbons (Fsp3) is 0.346. The molecule has 3 aromatic rings. The van der Waals surface area contributed by atoms with E-state index < -0.39 is 6.04 Å². The molecule has 2 N–H and O–H groups in total. The molecule has 2 amide bonds. The van der Waals surface area contributed by atoms with Crippen molar-refractivity contribution in [3.63, 3.8) is 0 Å². The quantitative estimate of drug-likeness (QED) is 0.477. The van der Waals surface area contributed by atoms with Gasteiger partial charge in [-0.15, -0.1) is 0 Å². The van der Waals surface area contributed by atoms with Crippen molar-refractivity contribution in [1.29, 1.82) is 0 Å². The summed E-state index contributed by atoms with van der Waals surface area (Å²) in [6, 6.07) is 14.1. The van der Waals surface area contributed by atoms with Crippen LogP contribution in [0.1, 0.15) is 45.8 Å². The molecule has 1 heterocycles. The number of amides is 2. The molecular formula is C26H29N3O5. The molecule has 1 atom stereocenters. The van der Waals surface area contributed by atoms with E-state index in [1.807, 2.05) is 44.2 Å². The number of aromatic nitrogens is 1. The van der Waals surface area contributed by atoms with Gasteiger partial charge in [-0.1, -0.05) is 35.5 Å². The topological polar surface area (TPSA) is 103 Å². The highest BCUT2D eigenvalue weighted by molar-refractivity contribution is 5.98. The van der Waals surface area contributed by atoms with E-state index in [9.17, 15) is 9.59 Å². The first-order chi connectivity index (χ1) is 16.4. The van der Waals surface area contributed by atoms with Crippen LogP contribution in [0.3, 0.4) is 0 Å². The average molecular weight is 464 g/mol. The number of carbonyl (C=O) groups is 2. The first-order valence-corrected chi connectivity index (χ1v) is 11.3.